The third-order valence-corrected chi connectivity index (χ3v) is 2.78. The Balaban J connectivity index is 3.04. The predicted octanol–water partition coefficient (Wildman–Crippen LogP) is 0.819. The fourth-order valence-corrected chi connectivity index (χ4v) is 1.98. The molecule has 7 heteroatoms. The molecular weight excluding hydrogens is 215 g/mol. The number of nitrogens with one attached hydrogen (secondary N) is 1. The Labute approximate surface area is 80.3 Å². The van der Waals surface area contributed by atoms with Crippen LogP contribution in [0.25, 0.3) is 0 Å². The first-order valence-electron chi connectivity index (χ1n) is 3.75. The van der Waals surface area contributed by atoms with Gasteiger partial charge in [0.1, 0.15) is 5.82 Å². The number of imidazole rings is 1. The van der Waals surface area contributed by atoms with Crippen LogP contribution in [0.4, 0.5) is 0 Å². The van der Waals surface area contributed by atoms with Gasteiger partial charge in [-0.05, 0) is 6.42 Å². The summed E-state index contributed by atoms with van der Waals surface area (Å²) in [5.41, 5.74) is -0.294. The van der Waals surface area contributed by atoms with Gasteiger partial charge in [0, 0.05) is 6.42 Å². The molecular formula is C6H10ClN2O3P. The van der Waals surface area contributed by atoms with E-state index in [4.69, 9.17) is 21.4 Å². The molecule has 0 amide bonds. The van der Waals surface area contributed by atoms with E-state index >= 15 is 0 Å². The maximum atomic E-state index is 10.8. The molecule has 0 saturated heterocycles. The van der Waals surface area contributed by atoms with Gasteiger partial charge < -0.3 is 14.8 Å². The van der Waals surface area contributed by atoms with Crippen LogP contribution in [0.5, 0.6) is 0 Å². The summed E-state index contributed by atoms with van der Waals surface area (Å²) in [6, 6.07) is 0. The molecule has 0 saturated carbocycles. The fourth-order valence-electron chi connectivity index (χ4n) is 0.936. The number of hydrogen-bond donors (Lipinski definition) is 3. The van der Waals surface area contributed by atoms with Crippen molar-refractivity contribution >= 4 is 24.6 Å². The van der Waals surface area contributed by atoms with Crippen LogP contribution in [-0.2, 0) is 11.0 Å². The summed E-state index contributed by atoms with van der Waals surface area (Å²) in [6.45, 7) is 1.94. The second-order valence-corrected chi connectivity index (χ2v) is 4.51. The third-order valence-electron chi connectivity index (χ3n) is 1.47. The molecule has 0 aliphatic carbocycles. The number of rotatable bonds is 3. The lowest BCUT2D eigenvalue weighted by Crippen LogP contribution is -2.06. The Morgan fingerprint density at radius 2 is 2.23 bits per heavy atom. The Morgan fingerprint density at radius 3 is 2.62 bits per heavy atom. The zero-order valence-corrected chi connectivity index (χ0v) is 8.64. The van der Waals surface area contributed by atoms with E-state index in [1.54, 1.807) is 0 Å². The quantitative estimate of drug-likeness (QED) is 0.664. The lowest BCUT2D eigenvalue weighted by atomic mass is 10.3. The fraction of sp³-hybridized carbons (Fsp3) is 0.500. The summed E-state index contributed by atoms with van der Waals surface area (Å²) in [5.74, 6) is 0.505. The SMILES string of the molecule is CCCc1nc(Cl)c(P(=O)(O)O)[nH]1. The van der Waals surface area contributed by atoms with Crippen molar-refractivity contribution in [2.24, 2.45) is 0 Å². The maximum Gasteiger partial charge on any atom is 0.375 e. The van der Waals surface area contributed by atoms with Crippen molar-refractivity contribution in [3.63, 3.8) is 0 Å². The van der Waals surface area contributed by atoms with Gasteiger partial charge in [-0.1, -0.05) is 18.5 Å². The number of aryl methyl sites for hydroxylation is 1. The normalized spacial score (nSPS) is 12.0. The minimum atomic E-state index is -4.31. The average molecular weight is 225 g/mol. The molecule has 0 unspecified atom stereocenters. The molecule has 74 valence electrons. The topological polar surface area (TPSA) is 86.2 Å². The van der Waals surface area contributed by atoms with E-state index in [0.717, 1.165) is 6.42 Å². The van der Waals surface area contributed by atoms with Gasteiger partial charge in [-0.3, -0.25) is 4.57 Å². The molecule has 0 aliphatic heterocycles. The summed E-state index contributed by atoms with van der Waals surface area (Å²) in [6.07, 6.45) is 1.46. The standard InChI is InChI=1S/C6H10ClN2O3P/c1-2-3-4-8-5(7)6(9-4)13(10,11)12/h2-3H2,1H3,(H,8,9)(H2,10,11,12). The van der Waals surface area contributed by atoms with Crippen molar-refractivity contribution in [1.82, 2.24) is 9.97 Å². The molecule has 0 fully saturated rings. The van der Waals surface area contributed by atoms with Gasteiger partial charge >= 0.3 is 7.60 Å². The number of aromatic nitrogens is 2. The summed E-state index contributed by atoms with van der Waals surface area (Å²) in [4.78, 5) is 23.9. The van der Waals surface area contributed by atoms with E-state index in [1.807, 2.05) is 6.92 Å². The minimum absolute atomic E-state index is 0.142. The monoisotopic (exact) mass is 224 g/mol. The molecule has 5 nitrogen and oxygen atoms in total. The van der Waals surface area contributed by atoms with E-state index in [-0.39, 0.29) is 10.6 Å². The lowest BCUT2D eigenvalue weighted by Gasteiger charge is -1.98. The van der Waals surface area contributed by atoms with Crippen LogP contribution in [0.1, 0.15) is 19.2 Å². The van der Waals surface area contributed by atoms with Crippen LogP contribution >= 0.6 is 19.2 Å². The van der Waals surface area contributed by atoms with Crippen LogP contribution in [0.3, 0.4) is 0 Å². The van der Waals surface area contributed by atoms with Gasteiger partial charge in [0.05, 0.1) is 0 Å². The summed E-state index contributed by atoms with van der Waals surface area (Å²) >= 11 is 5.53. The second kappa shape index (κ2) is 3.80. The predicted molar refractivity (Wildman–Crippen MR) is 49.3 cm³/mol. The minimum Gasteiger partial charge on any atom is -0.334 e. The molecule has 0 spiro atoms. The number of hydrogen-bond acceptors (Lipinski definition) is 2. The van der Waals surface area contributed by atoms with Crippen molar-refractivity contribution in [2.75, 3.05) is 0 Å². The summed E-state index contributed by atoms with van der Waals surface area (Å²) in [5, 5.41) is -0.142. The van der Waals surface area contributed by atoms with Gasteiger partial charge in [-0.15, -0.1) is 0 Å². The molecule has 1 aromatic heterocycles. The van der Waals surface area contributed by atoms with Gasteiger partial charge in [-0.25, -0.2) is 4.98 Å². The lowest BCUT2D eigenvalue weighted by molar-refractivity contribution is 0.386. The maximum absolute atomic E-state index is 10.8. The van der Waals surface area contributed by atoms with Crippen molar-refractivity contribution < 1.29 is 14.4 Å². The van der Waals surface area contributed by atoms with Crippen molar-refractivity contribution in [3.8, 4) is 0 Å². The number of nitrogens with zero attached hydrogens (tertiary/aromatic N) is 1. The van der Waals surface area contributed by atoms with Crippen molar-refractivity contribution in [2.45, 2.75) is 19.8 Å². The van der Waals surface area contributed by atoms with E-state index in [1.165, 1.54) is 0 Å². The largest absolute Gasteiger partial charge is 0.375 e. The first-order chi connectivity index (χ1) is 5.95. The van der Waals surface area contributed by atoms with Gasteiger partial charge in [0.2, 0.25) is 0 Å². The average Bonchev–Trinajstić information content (AvgIpc) is 2.30. The highest BCUT2D eigenvalue weighted by Gasteiger charge is 2.24. The first kappa shape index (κ1) is 10.7. The molecule has 13 heavy (non-hydrogen) atoms. The third kappa shape index (κ3) is 2.54. The number of aromatic amines is 1. The highest BCUT2D eigenvalue weighted by atomic mass is 35.5. The molecule has 1 heterocycles. The van der Waals surface area contributed by atoms with Gasteiger partial charge in [0.15, 0.2) is 10.6 Å². The Morgan fingerprint density at radius 1 is 1.62 bits per heavy atom. The van der Waals surface area contributed by atoms with Gasteiger partial charge in [0.25, 0.3) is 0 Å². The van der Waals surface area contributed by atoms with Gasteiger partial charge in [-0.2, -0.15) is 0 Å². The molecule has 0 radical (unpaired) electrons. The smallest absolute Gasteiger partial charge is 0.334 e. The first-order valence-corrected chi connectivity index (χ1v) is 5.74. The second-order valence-electron chi connectivity index (χ2n) is 2.62. The molecule has 1 rings (SSSR count). The molecule has 1 aromatic rings. The van der Waals surface area contributed by atoms with E-state index < -0.39 is 7.60 Å². The van der Waals surface area contributed by atoms with E-state index in [0.29, 0.717) is 12.2 Å². The Bertz CT molecular complexity index is 346. The number of H-pyrrole nitrogens is 1. The Hall–Kier alpha value is -0.350. The van der Waals surface area contributed by atoms with E-state index in [9.17, 15) is 4.57 Å². The molecule has 0 bridgehead atoms. The number of halogens is 1. The van der Waals surface area contributed by atoms with Crippen LogP contribution in [-0.4, -0.2) is 19.8 Å². The molecule has 0 aromatic carbocycles. The van der Waals surface area contributed by atoms with Crippen molar-refractivity contribution in [1.29, 1.82) is 0 Å². The summed E-state index contributed by atoms with van der Waals surface area (Å²) < 4.78 is 10.8. The van der Waals surface area contributed by atoms with Crippen LogP contribution in [0.15, 0.2) is 0 Å². The highest BCUT2D eigenvalue weighted by molar-refractivity contribution is 7.60. The van der Waals surface area contributed by atoms with E-state index in [2.05, 4.69) is 9.97 Å². The van der Waals surface area contributed by atoms with Crippen LogP contribution in [0.2, 0.25) is 5.15 Å². The zero-order valence-electron chi connectivity index (χ0n) is 6.99. The van der Waals surface area contributed by atoms with Crippen molar-refractivity contribution in [3.05, 3.63) is 11.0 Å². The van der Waals surface area contributed by atoms with Crippen LogP contribution < -0.4 is 5.44 Å². The molecule has 3 N–H and O–H groups in total. The summed E-state index contributed by atoms with van der Waals surface area (Å²) in [7, 11) is -4.31. The highest BCUT2D eigenvalue weighted by Crippen LogP contribution is 2.35. The zero-order chi connectivity index (χ0) is 10.1. The van der Waals surface area contributed by atoms with Crippen LogP contribution in [0, 0.1) is 0 Å². The molecule has 0 atom stereocenters. The Kier molecular flexibility index (Phi) is 3.14. The molecule has 0 aliphatic rings.